The largest absolute Gasteiger partial charge is 0.369 e. The Morgan fingerprint density at radius 1 is 1.08 bits per heavy atom. The number of aromatic nitrogens is 2. The average Bonchev–Trinajstić information content (AvgIpc) is 2.64. The van der Waals surface area contributed by atoms with E-state index >= 15 is 0 Å². The molecular formula is C19H21N5O2. The van der Waals surface area contributed by atoms with Crippen LogP contribution in [-0.2, 0) is 0 Å². The van der Waals surface area contributed by atoms with Crippen LogP contribution >= 0.6 is 0 Å². The van der Waals surface area contributed by atoms with Gasteiger partial charge < -0.3 is 10.2 Å². The van der Waals surface area contributed by atoms with E-state index in [2.05, 4.69) is 20.2 Å². The summed E-state index contributed by atoms with van der Waals surface area (Å²) in [5.41, 5.74) is 1.17. The summed E-state index contributed by atoms with van der Waals surface area (Å²) in [4.78, 5) is 22.2. The van der Waals surface area contributed by atoms with Gasteiger partial charge in [0.05, 0.1) is 16.0 Å². The van der Waals surface area contributed by atoms with Crippen molar-refractivity contribution in [2.75, 3.05) is 32.5 Å². The number of fused-ring (bicyclic) bond motifs is 1. The van der Waals surface area contributed by atoms with E-state index in [1.165, 1.54) is 6.07 Å². The molecule has 0 saturated carbocycles. The molecule has 1 heterocycles. The van der Waals surface area contributed by atoms with Gasteiger partial charge in [0.2, 0.25) is 0 Å². The average molecular weight is 351 g/mol. The van der Waals surface area contributed by atoms with Gasteiger partial charge in [0.1, 0.15) is 5.82 Å². The Morgan fingerprint density at radius 2 is 1.81 bits per heavy atom. The van der Waals surface area contributed by atoms with Crippen molar-refractivity contribution in [1.29, 1.82) is 0 Å². The number of anilines is 1. The minimum atomic E-state index is -0.405. The van der Waals surface area contributed by atoms with Gasteiger partial charge in [0, 0.05) is 18.0 Å². The van der Waals surface area contributed by atoms with Crippen LogP contribution in [0.2, 0.25) is 0 Å². The number of nitro benzene ring substituents is 1. The van der Waals surface area contributed by atoms with Crippen LogP contribution in [-0.4, -0.2) is 47.0 Å². The maximum atomic E-state index is 11.3. The fraction of sp³-hybridized carbons (Fsp3) is 0.263. The summed E-state index contributed by atoms with van der Waals surface area (Å²) in [6, 6.07) is 14.2. The molecule has 0 aliphatic heterocycles. The third-order valence-corrected chi connectivity index (χ3v) is 4.02. The first kappa shape index (κ1) is 17.8. The highest BCUT2D eigenvalue weighted by Crippen LogP contribution is 2.30. The van der Waals surface area contributed by atoms with E-state index in [0.717, 1.165) is 30.4 Å². The Balaban J connectivity index is 2.01. The molecule has 26 heavy (non-hydrogen) atoms. The standard InChI is InChI=1S/C19H21N5O2/c1-23(2)13-7-12-20-18-14-8-3-5-10-16(14)21-19(22-18)15-9-4-6-11-17(15)24(25)26/h3-6,8-11H,7,12-13H2,1-2H3,(H,20,21,22). The van der Waals surface area contributed by atoms with E-state index in [9.17, 15) is 10.1 Å². The van der Waals surface area contributed by atoms with Crippen molar-refractivity contribution in [2.45, 2.75) is 6.42 Å². The fourth-order valence-electron chi connectivity index (χ4n) is 2.76. The first-order valence-corrected chi connectivity index (χ1v) is 8.45. The third-order valence-electron chi connectivity index (χ3n) is 4.02. The molecule has 0 bridgehead atoms. The number of hydrogen-bond acceptors (Lipinski definition) is 6. The Kier molecular flexibility index (Phi) is 5.38. The number of nitro groups is 1. The lowest BCUT2D eigenvalue weighted by molar-refractivity contribution is -0.384. The predicted octanol–water partition coefficient (Wildman–Crippen LogP) is 3.57. The summed E-state index contributed by atoms with van der Waals surface area (Å²) in [5, 5.41) is 15.6. The number of hydrogen-bond donors (Lipinski definition) is 1. The van der Waals surface area contributed by atoms with Gasteiger partial charge in [-0.2, -0.15) is 0 Å². The second kappa shape index (κ2) is 7.88. The fourth-order valence-corrected chi connectivity index (χ4v) is 2.76. The van der Waals surface area contributed by atoms with E-state index in [4.69, 9.17) is 0 Å². The number of nitrogens with zero attached hydrogens (tertiary/aromatic N) is 4. The molecule has 2 aromatic carbocycles. The van der Waals surface area contributed by atoms with Crippen LogP contribution in [0.15, 0.2) is 48.5 Å². The molecule has 134 valence electrons. The Labute approximate surface area is 151 Å². The second-order valence-corrected chi connectivity index (χ2v) is 6.27. The minimum Gasteiger partial charge on any atom is -0.369 e. The summed E-state index contributed by atoms with van der Waals surface area (Å²) in [6.45, 7) is 1.72. The quantitative estimate of drug-likeness (QED) is 0.398. The van der Waals surface area contributed by atoms with Crippen molar-refractivity contribution in [1.82, 2.24) is 14.9 Å². The zero-order valence-corrected chi connectivity index (χ0v) is 14.8. The zero-order valence-electron chi connectivity index (χ0n) is 14.8. The number of para-hydroxylation sites is 2. The molecule has 7 nitrogen and oxygen atoms in total. The molecule has 0 unspecified atom stereocenters. The van der Waals surface area contributed by atoms with Crippen molar-refractivity contribution in [3.63, 3.8) is 0 Å². The van der Waals surface area contributed by atoms with Gasteiger partial charge >= 0.3 is 0 Å². The van der Waals surface area contributed by atoms with Crippen molar-refractivity contribution < 1.29 is 4.92 Å². The SMILES string of the molecule is CN(C)CCCNc1nc(-c2ccccc2[N+](=O)[O-])nc2ccccc12. The molecule has 0 fully saturated rings. The van der Waals surface area contributed by atoms with Gasteiger partial charge in [-0.05, 0) is 45.3 Å². The molecule has 0 aliphatic rings. The molecule has 3 rings (SSSR count). The Bertz CT molecular complexity index is 927. The molecular weight excluding hydrogens is 330 g/mol. The maximum Gasteiger partial charge on any atom is 0.280 e. The van der Waals surface area contributed by atoms with Gasteiger partial charge in [0.15, 0.2) is 5.82 Å². The minimum absolute atomic E-state index is 0.00124. The van der Waals surface area contributed by atoms with Gasteiger partial charge in [-0.1, -0.05) is 24.3 Å². The van der Waals surface area contributed by atoms with Crippen molar-refractivity contribution >= 4 is 22.4 Å². The Morgan fingerprint density at radius 3 is 2.58 bits per heavy atom. The third kappa shape index (κ3) is 3.94. The number of nitrogens with one attached hydrogen (secondary N) is 1. The molecule has 1 aromatic heterocycles. The highest BCUT2D eigenvalue weighted by molar-refractivity contribution is 5.91. The van der Waals surface area contributed by atoms with Crippen LogP contribution in [0.5, 0.6) is 0 Å². The van der Waals surface area contributed by atoms with Crippen molar-refractivity contribution in [2.24, 2.45) is 0 Å². The zero-order chi connectivity index (χ0) is 18.5. The summed E-state index contributed by atoms with van der Waals surface area (Å²) in [7, 11) is 4.07. The lowest BCUT2D eigenvalue weighted by atomic mass is 10.1. The first-order valence-electron chi connectivity index (χ1n) is 8.45. The summed E-state index contributed by atoms with van der Waals surface area (Å²) >= 11 is 0. The van der Waals surface area contributed by atoms with Crippen LogP contribution in [0, 0.1) is 10.1 Å². The summed E-state index contributed by atoms with van der Waals surface area (Å²) in [6.07, 6.45) is 0.964. The van der Waals surface area contributed by atoms with E-state index < -0.39 is 4.92 Å². The maximum absolute atomic E-state index is 11.3. The predicted molar refractivity (Wildman–Crippen MR) is 103 cm³/mol. The smallest absolute Gasteiger partial charge is 0.280 e. The number of rotatable bonds is 7. The molecule has 3 aromatic rings. The van der Waals surface area contributed by atoms with Gasteiger partial charge in [-0.15, -0.1) is 0 Å². The highest BCUT2D eigenvalue weighted by Gasteiger charge is 2.18. The molecule has 0 saturated heterocycles. The topological polar surface area (TPSA) is 84.2 Å². The van der Waals surface area contributed by atoms with Crippen molar-refractivity contribution in [3.8, 4) is 11.4 Å². The van der Waals surface area contributed by atoms with Gasteiger partial charge in [0.25, 0.3) is 5.69 Å². The molecule has 0 amide bonds. The molecule has 0 atom stereocenters. The summed E-state index contributed by atoms with van der Waals surface area (Å²) in [5.74, 6) is 1.05. The van der Waals surface area contributed by atoms with E-state index in [0.29, 0.717) is 17.2 Å². The van der Waals surface area contributed by atoms with E-state index in [1.54, 1.807) is 18.2 Å². The number of benzene rings is 2. The normalized spacial score (nSPS) is 11.0. The molecule has 0 aliphatic carbocycles. The molecule has 1 N–H and O–H groups in total. The lowest BCUT2D eigenvalue weighted by Gasteiger charge is -2.13. The Hall–Kier alpha value is -3.06. The molecule has 0 spiro atoms. The van der Waals surface area contributed by atoms with Crippen molar-refractivity contribution in [3.05, 3.63) is 58.6 Å². The molecule has 0 radical (unpaired) electrons. The van der Waals surface area contributed by atoms with Gasteiger partial charge in [-0.25, -0.2) is 9.97 Å². The summed E-state index contributed by atoms with van der Waals surface area (Å²) < 4.78 is 0. The van der Waals surface area contributed by atoms with Gasteiger partial charge in [-0.3, -0.25) is 10.1 Å². The highest BCUT2D eigenvalue weighted by atomic mass is 16.6. The van der Waals surface area contributed by atoms with Crippen LogP contribution in [0.1, 0.15) is 6.42 Å². The van der Waals surface area contributed by atoms with E-state index in [-0.39, 0.29) is 5.69 Å². The lowest BCUT2D eigenvalue weighted by Crippen LogP contribution is -2.17. The van der Waals surface area contributed by atoms with Crippen LogP contribution in [0.25, 0.3) is 22.3 Å². The van der Waals surface area contributed by atoms with E-state index in [1.807, 2.05) is 38.4 Å². The van der Waals surface area contributed by atoms with Crippen LogP contribution in [0.4, 0.5) is 11.5 Å². The first-order chi connectivity index (χ1) is 12.6. The van der Waals surface area contributed by atoms with Crippen LogP contribution in [0.3, 0.4) is 0 Å². The molecule has 7 heteroatoms. The second-order valence-electron chi connectivity index (χ2n) is 6.27. The van der Waals surface area contributed by atoms with Crippen LogP contribution < -0.4 is 5.32 Å². The monoisotopic (exact) mass is 351 g/mol.